The fraction of sp³-hybridized carbons (Fsp3) is 0.333. The number of nitrogens with zero attached hydrogens (tertiary/aromatic N) is 1. The second-order valence-electron chi connectivity index (χ2n) is 6.23. The highest BCUT2D eigenvalue weighted by molar-refractivity contribution is 5.81. The van der Waals surface area contributed by atoms with Gasteiger partial charge in [-0.1, -0.05) is 48.6 Å². The van der Waals surface area contributed by atoms with Gasteiger partial charge in [-0.3, -0.25) is 4.79 Å². The van der Waals surface area contributed by atoms with Crippen molar-refractivity contribution >= 4 is 5.97 Å². The van der Waals surface area contributed by atoms with Crippen LogP contribution in [0.2, 0.25) is 0 Å². The maximum absolute atomic E-state index is 11.9. The molecule has 3 nitrogen and oxygen atoms in total. The standard InChI is InChI=1S/C18H15NO2/c19-10-18(17(20)21)9-15-11-5-1-3-7-13(11)16(18)14-8-4-2-6-12(14)15/h1-8,11,13,15-16H,9H2,(H,20,21). The zero-order valence-electron chi connectivity index (χ0n) is 11.4. The second-order valence-corrected chi connectivity index (χ2v) is 6.23. The summed E-state index contributed by atoms with van der Waals surface area (Å²) in [5.41, 5.74) is 0.991. The molecule has 0 radical (unpaired) electrons. The molecule has 0 spiro atoms. The van der Waals surface area contributed by atoms with E-state index in [9.17, 15) is 15.2 Å². The Morgan fingerprint density at radius 1 is 1.19 bits per heavy atom. The van der Waals surface area contributed by atoms with Gasteiger partial charge in [-0.2, -0.15) is 5.26 Å². The lowest BCUT2D eigenvalue weighted by molar-refractivity contribution is -0.150. The lowest BCUT2D eigenvalue weighted by atomic mass is 9.46. The highest BCUT2D eigenvalue weighted by Crippen LogP contribution is 2.64. The van der Waals surface area contributed by atoms with Crippen LogP contribution >= 0.6 is 0 Å². The van der Waals surface area contributed by atoms with E-state index in [0.29, 0.717) is 12.3 Å². The van der Waals surface area contributed by atoms with Crippen LogP contribution in [0.3, 0.4) is 0 Å². The van der Waals surface area contributed by atoms with E-state index in [-0.39, 0.29) is 17.8 Å². The highest BCUT2D eigenvalue weighted by atomic mass is 16.4. The van der Waals surface area contributed by atoms with E-state index in [1.807, 2.05) is 30.4 Å². The predicted molar refractivity (Wildman–Crippen MR) is 77.5 cm³/mol. The molecule has 2 bridgehead atoms. The molecule has 21 heavy (non-hydrogen) atoms. The van der Waals surface area contributed by atoms with Gasteiger partial charge in [-0.25, -0.2) is 0 Å². The molecule has 1 fully saturated rings. The Balaban J connectivity index is 1.99. The van der Waals surface area contributed by atoms with E-state index in [2.05, 4.69) is 24.3 Å². The molecule has 5 unspecified atom stereocenters. The van der Waals surface area contributed by atoms with Gasteiger partial charge in [0.2, 0.25) is 0 Å². The average Bonchev–Trinajstić information content (AvgIpc) is 2.54. The minimum Gasteiger partial charge on any atom is -0.480 e. The fourth-order valence-corrected chi connectivity index (χ4v) is 4.62. The Labute approximate surface area is 123 Å². The number of rotatable bonds is 1. The molecule has 5 rings (SSSR count). The van der Waals surface area contributed by atoms with Crippen molar-refractivity contribution in [2.24, 2.45) is 17.3 Å². The summed E-state index contributed by atoms with van der Waals surface area (Å²) in [5, 5.41) is 19.4. The monoisotopic (exact) mass is 277 g/mol. The van der Waals surface area contributed by atoms with Crippen molar-refractivity contribution in [1.29, 1.82) is 5.26 Å². The van der Waals surface area contributed by atoms with E-state index in [0.717, 1.165) is 5.56 Å². The SMILES string of the molecule is N#CC1(C(=O)O)CC2c3ccccc3C1C1C=CC=CC21. The first kappa shape index (κ1) is 12.4. The number of carboxylic acid groups (broad SMARTS) is 1. The van der Waals surface area contributed by atoms with Gasteiger partial charge >= 0.3 is 5.97 Å². The van der Waals surface area contributed by atoms with Crippen molar-refractivity contribution in [2.75, 3.05) is 0 Å². The summed E-state index contributed by atoms with van der Waals surface area (Å²) in [4.78, 5) is 11.9. The first-order valence-corrected chi connectivity index (χ1v) is 7.27. The van der Waals surface area contributed by atoms with Gasteiger partial charge in [-0.15, -0.1) is 0 Å². The maximum Gasteiger partial charge on any atom is 0.324 e. The van der Waals surface area contributed by atoms with Crippen molar-refractivity contribution < 1.29 is 9.90 Å². The molecule has 0 aromatic heterocycles. The van der Waals surface area contributed by atoms with Crippen LogP contribution < -0.4 is 0 Å². The normalized spacial score (nSPS) is 38.4. The summed E-state index contributed by atoms with van der Waals surface area (Å²) in [5.74, 6) is -0.688. The first-order chi connectivity index (χ1) is 10.2. The van der Waals surface area contributed by atoms with Crippen molar-refractivity contribution in [1.82, 2.24) is 0 Å². The van der Waals surface area contributed by atoms with Crippen LogP contribution in [-0.2, 0) is 4.79 Å². The third-order valence-electron chi connectivity index (χ3n) is 5.46. The lowest BCUT2D eigenvalue weighted by Crippen LogP contribution is -2.52. The molecule has 4 aliphatic carbocycles. The maximum atomic E-state index is 11.9. The van der Waals surface area contributed by atoms with Gasteiger partial charge < -0.3 is 5.11 Å². The van der Waals surface area contributed by atoms with E-state index in [1.54, 1.807) is 0 Å². The van der Waals surface area contributed by atoms with Gasteiger partial charge in [0.05, 0.1) is 6.07 Å². The highest BCUT2D eigenvalue weighted by Gasteiger charge is 2.61. The Morgan fingerprint density at radius 2 is 1.86 bits per heavy atom. The largest absolute Gasteiger partial charge is 0.480 e. The number of hydrogen-bond donors (Lipinski definition) is 1. The molecule has 1 saturated carbocycles. The molecular formula is C18H15NO2. The molecule has 0 heterocycles. The summed E-state index contributed by atoms with van der Waals surface area (Å²) < 4.78 is 0. The molecular weight excluding hydrogens is 262 g/mol. The molecule has 4 aliphatic rings. The van der Waals surface area contributed by atoms with Crippen LogP contribution in [0.15, 0.2) is 48.6 Å². The Morgan fingerprint density at radius 3 is 2.52 bits per heavy atom. The lowest BCUT2D eigenvalue weighted by Gasteiger charge is -2.54. The molecule has 5 atom stereocenters. The van der Waals surface area contributed by atoms with E-state index in [4.69, 9.17) is 0 Å². The number of benzene rings is 1. The van der Waals surface area contributed by atoms with E-state index < -0.39 is 11.4 Å². The minimum atomic E-state index is -1.30. The van der Waals surface area contributed by atoms with Crippen molar-refractivity contribution in [3.05, 3.63) is 59.7 Å². The quantitative estimate of drug-likeness (QED) is 0.857. The molecule has 1 aromatic rings. The van der Waals surface area contributed by atoms with Crippen LogP contribution in [0, 0.1) is 28.6 Å². The van der Waals surface area contributed by atoms with Crippen molar-refractivity contribution in [2.45, 2.75) is 18.3 Å². The summed E-state index contributed by atoms with van der Waals surface area (Å²) in [6.07, 6.45) is 8.71. The minimum absolute atomic E-state index is 0.111. The Hall–Kier alpha value is -2.34. The summed E-state index contributed by atoms with van der Waals surface area (Å²) in [7, 11) is 0. The van der Waals surface area contributed by atoms with Gasteiger partial charge in [-0.05, 0) is 35.3 Å². The Kier molecular flexibility index (Phi) is 2.41. The van der Waals surface area contributed by atoms with Gasteiger partial charge in [0.25, 0.3) is 0 Å². The van der Waals surface area contributed by atoms with Gasteiger partial charge in [0, 0.05) is 5.92 Å². The van der Waals surface area contributed by atoms with Crippen molar-refractivity contribution in [3.8, 4) is 6.07 Å². The number of nitriles is 1. The summed E-state index contributed by atoms with van der Waals surface area (Å²) >= 11 is 0. The zero-order valence-corrected chi connectivity index (χ0v) is 11.4. The van der Waals surface area contributed by atoms with Crippen LogP contribution in [0.5, 0.6) is 0 Å². The van der Waals surface area contributed by atoms with Crippen LogP contribution in [-0.4, -0.2) is 11.1 Å². The number of aliphatic carboxylic acids is 1. The summed E-state index contributed by atoms with van der Waals surface area (Å²) in [6.45, 7) is 0. The molecule has 0 amide bonds. The topological polar surface area (TPSA) is 61.1 Å². The van der Waals surface area contributed by atoms with E-state index >= 15 is 0 Å². The third kappa shape index (κ3) is 1.40. The molecule has 1 aromatic carbocycles. The zero-order chi connectivity index (χ0) is 14.6. The molecule has 3 heteroatoms. The second kappa shape index (κ2) is 4.08. The molecule has 104 valence electrons. The number of carboxylic acids is 1. The Bertz CT molecular complexity index is 727. The van der Waals surface area contributed by atoms with Gasteiger partial charge in [0.15, 0.2) is 5.41 Å². The number of carbonyl (C=O) groups is 1. The third-order valence-corrected chi connectivity index (χ3v) is 5.46. The summed E-state index contributed by atoms with van der Waals surface area (Å²) in [6, 6.07) is 10.2. The van der Waals surface area contributed by atoms with Gasteiger partial charge in [0.1, 0.15) is 0 Å². The smallest absolute Gasteiger partial charge is 0.324 e. The fourth-order valence-electron chi connectivity index (χ4n) is 4.62. The van der Waals surface area contributed by atoms with Crippen molar-refractivity contribution in [3.63, 3.8) is 0 Å². The number of fused-ring (bicyclic) bond motifs is 1. The van der Waals surface area contributed by atoms with E-state index in [1.165, 1.54) is 5.56 Å². The molecule has 0 aliphatic heterocycles. The molecule has 1 N–H and O–H groups in total. The average molecular weight is 277 g/mol. The first-order valence-electron chi connectivity index (χ1n) is 7.27. The van der Waals surface area contributed by atoms with Crippen LogP contribution in [0.25, 0.3) is 0 Å². The predicted octanol–water partition coefficient (Wildman–Crippen LogP) is 3.22. The number of allylic oxidation sites excluding steroid dienone is 4. The molecule has 0 saturated heterocycles. The number of hydrogen-bond acceptors (Lipinski definition) is 2. The van der Waals surface area contributed by atoms with Crippen LogP contribution in [0.4, 0.5) is 0 Å². The van der Waals surface area contributed by atoms with Crippen LogP contribution in [0.1, 0.15) is 29.4 Å².